The van der Waals surface area contributed by atoms with Crippen molar-refractivity contribution in [2.75, 3.05) is 17.2 Å². The number of nitro groups is 1. The molecule has 0 amide bonds. The lowest BCUT2D eigenvalue weighted by Gasteiger charge is -2.20. The summed E-state index contributed by atoms with van der Waals surface area (Å²) < 4.78 is 1.69. The zero-order valence-electron chi connectivity index (χ0n) is 19.1. The van der Waals surface area contributed by atoms with Crippen molar-refractivity contribution in [1.82, 2.24) is 29.7 Å². The fraction of sp³-hybridized carbons (Fsp3) is 0.318. The highest BCUT2D eigenvalue weighted by atomic mass is 16.6. The molecule has 3 heterocycles. The minimum absolute atomic E-state index is 0.0525. The van der Waals surface area contributed by atoms with Gasteiger partial charge in [-0.25, -0.2) is 15.0 Å². The molecule has 11 nitrogen and oxygen atoms in total. The Morgan fingerprint density at radius 3 is 2.64 bits per heavy atom. The Hall–Kier alpha value is -4.15. The third-order valence-corrected chi connectivity index (χ3v) is 4.89. The number of fused-ring (bicyclic) bond motifs is 1. The van der Waals surface area contributed by atoms with Gasteiger partial charge in [-0.1, -0.05) is 20.8 Å². The lowest BCUT2D eigenvalue weighted by Crippen LogP contribution is -2.20. The average Bonchev–Trinajstić information content (AvgIpc) is 3.17. The number of benzene rings is 1. The number of hydrogen-bond donors (Lipinski definition) is 2. The number of nitrogens with zero attached hydrogens (tertiary/aromatic N) is 7. The van der Waals surface area contributed by atoms with E-state index < -0.39 is 4.92 Å². The van der Waals surface area contributed by atoms with E-state index in [1.165, 1.54) is 12.4 Å². The van der Waals surface area contributed by atoms with Gasteiger partial charge in [-0.05, 0) is 30.5 Å². The molecule has 1 aromatic carbocycles. The minimum Gasteiger partial charge on any atom is -0.368 e. The molecule has 0 saturated heterocycles. The number of hydrogen-bond acceptors (Lipinski definition) is 9. The van der Waals surface area contributed by atoms with Crippen LogP contribution in [0, 0.1) is 22.5 Å². The smallest absolute Gasteiger partial charge is 0.293 e. The molecule has 33 heavy (non-hydrogen) atoms. The summed E-state index contributed by atoms with van der Waals surface area (Å²) in [5.41, 5.74) is 2.28. The summed E-state index contributed by atoms with van der Waals surface area (Å²) in [6, 6.07) is 6.71. The molecule has 3 aromatic heterocycles. The van der Waals surface area contributed by atoms with Crippen molar-refractivity contribution in [1.29, 1.82) is 0 Å². The first-order chi connectivity index (χ1) is 15.6. The Kier molecular flexibility index (Phi) is 5.62. The maximum atomic E-state index is 11.8. The van der Waals surface area contributed by atoms with E-state index in [1.807, 2.05) is 13.0 Å². The van der Waals surface area contributed by atoms with Crippen LogP contribution in [0.1, 0.15) is 26.5 Å². The van der Waals surface area contributed by atoms with Crippen molar-refractivity contribution < 1.29 is 4.92 Å². The number of aromatic nitrogens is 6. The third-order valence-electron chi connectivity index (χ3n) is 4.89. The summed E-state index contributed by atoms with van der Waals surface area (Å²) in [7, 11) is 1.78. The number of rotatable bonds is 6. The molecule has 0 aliphatic carbocycles. The van der Waals surface area contributed by atoms with E-state index >= 15 is 0 Å². The number of anilines is 3. The summed E-state index contributed by atoms with van der Waals surface area (Å²) in [6.07, 6.45) is 3.22. The second-order valence-corrected chi connectivity index (χ2v) is 9.04. The van der Waals surface area contributed by atoms with Crippen LogP contribution in [0.4, 0.5) is 23.1 Å². The van der Waals surface area contributed by atoms with E-state index in [2.05, 4.69) is 56.6 Å². The molecule has 11 heteroatoms. The maximum Gasteiger partial charge on any atom is 0.293 e. The van der Waals surface area contributed by atoms with Gasteiger partial charge in [0.1, 0.15) is 17.5 Å². The van der Waals surface area contributed by atoms with Crippen molar-refractivity contribution in [3.63, 3.8) is 0 Å². The lowest BCUT2D eigenvalue weighted by atomic mass is 9.97. The van der Waals surface area contributed by atoms with Crippen LogP contribution in [0.25, 0.3) is 22.3 Å². The van der Waals surface area contributed by atoms with Crippen LogP contribution in [0.15, 0.2) is 36.8 Å². The minimum atomic E-state index is -0.454. The first kappa shape index (κ1) is 22.1. The standard InChI is InChI=1S/C22H25N9O2/c1-13-8-15-10-23-21(28-18(15)19(26-13)24-11-22(2,3)4)27-16-7-6-14(9-17(16)31(32)33)20-29-25-12-30(20)5/h6-10,12H,11H2,1-5H3,(H,24,26)(H,23,27,28). The van der Waals surface area contributed by atoms with Crippen molar-refractivity contribution in [3.8, 4) is 11.4 Å². The first-order valence-electron chi connectivity index (χ1n) is 10.4. The van der Waals surface area contributed by atoms with Gasteiger partial charge in [-0.3, -0.25) is 10.1 Å². The lowest BCUT2D eigenvalue weighted by molar-refractivity contribution is -0.383. The molecule has 0 aliphatic heterocycles. The Bertz CT molecular complexity index is 1340. The molecule has 0 fully saturated rings. The number of nitrogens with one attached hydrogen (secondary N) is 2. The summed E-state index contributed by atoms with van der Waals surface area (Å²) in [5, 5.41) is 26.8. The zero-order valence-corrected chi connectivity index (χ0v) is 19.1. The Balaban J connectivity index is 1.70. The summed E-state index contributed by atoms with van der Waals surface area (Å²) >= 11 is 0. The Morgan fingerprint density at radius 1 is 1.18 bits per heavy atom. The summed E-state index contributed by atoms with van der Waals surface area (Å²) in [5.74, 6) is 1.42. The van der Waals surface area contributed by atoms with Gasteiger partial charge >= 0.3 is 0 Å². The fourth-order valence-corrected chi connectivity index (χ4v) is 3.30. The van der Waals surface area contributed by atoms with E-state index in [0.717, 1.165) is 11.1 Å². The van der Waals surface area contributed by atoms with Gasteiger partial charge in [-0.2, -0.15) is 0 Å². The summed E-state index contributed by atoms with van der Waals surface area (Å²) in [4.78, 5) is 24.9. The highest BCUT2D eigenvalue weighted by Gasteiger charge is 2.19. The number of nitro benzene ring substituents is 1. The van der Waals surface area contributed by atoms with Gasteiger partial charge in [0.15, 0.2) is 11.6 Å². The van der Waals surface area contributed by atoms with Crippen LogP contribution in [-0.2, 0) is 7.05 Å². The molecule has 4 aromatic rings. The Labute approximate surface area is 190 Å². The predicted octanol–water partition coefficient (Wildman–Crippen LogP) is 4.24. The molecule has 170 valence electrons. The van der Waals surface area contributed by atoms with Gasteiger partial charge in [-0.15, -0.1) is 10.2 Å². The van der Waals surface area contributed by atoms with E-state index in [-0.39, 0.29) is 22.7 Å². The molecule has 0 spiro atoms. The van der Waals surface area contributed by atoms with E-state index in [1.54, 1.807) is 29.9 Å². The molecule has 2 N–H and O–H groups in total. The first-order valence-corrected chi connectivity index (χ1v) is 10.4. The molecule has 0 saturated carbocycles. The molecule has 0 bridgehead atoms. The van der Waals surface area contributed by atoms with Crippen molar-refractivity contribution in [2.24, 2.45) is 12.5 Å². The normalized spacial score (nSPS) is 11.5. The second-order valence-electron chi connectivity index (χ2n) is 9.04. The van der Waals surface area contributed by atoms with Crippen molar-refractivity contribution >= 4 is 34.0 Å². The fourth-order valence-electron chi connectivity index (χ4n) is 3.30. The van der Waals surface area contributed by atoms with Crippen LogP contribution in [0.3, 0.4) is 0 Å². The predicted molar refractivity (Wildman–Crippen MR) is 126 cm³/mol. The second kappa shape index (κ2) is 8.41. The quantitative estimate of drug-likeness (QED) is 0.328. The SMILES string of the molecule is Cc1cc2cnc(Nc3ccc(-c4nncn4C)cc3[N+](=O)[O-])nc2c(NCC(C)(C)C)n1. The topological polar surface area (TPSA) is 137 Å². The van der Waals surface area contributed by atoms with Crippen LogP contribution < -0.4 is 10.6 Å². The van der Waals surface area contributed by atoms with Gasteiger partial charge in [0.25, 0.3) is 5.69 Å². The molecule has 0 unspecified atom stereocenters. The third kappa shape index (κ3) is 4.86. The molecule has 0 aliphatic rings. The van der Waals surface area contributed by atoms with Crippen molar-refractivity contribution in [2.45, 2.75) is 27.7 Å². The highest BCUT2D eigenvalue weighted by molar-refractivity contribution is 5.89. The van der Waals surface area contributed by atoms with E-state index in [4.69, 9.17) is 0 Å². The van der Waals surface area contributed by atoms with Crippen molar-refractivity contribution in [3.05, 3.63) is 52.6 Å². The van der Waals surface area contributed by atoms with Gasteiger partial charge in [0.2, 0.25) is 5.95 Å². The molecular formula is C22H25N9O2. The number of aryl methyl sites for hydroxylation is 2. The molecular weight excluding hydrogens is 422 g/mol. The van der Waals surface area contributed by atoms with Gasteiger partial charge in [0, 0.05) is 42.5 Å². The zero-order chi connectivity index (χ0) is 23.8. The molecule has 0 radical (unpaired) electrons. The van der Waals surface area contributed by atoms with Gasteiger partial charge in [0.05, 0.1) is 4.92 Å². The van der Waals surface area contributed by atoms with E-state index in [0.29, 0.717) is 29.3 Å². The summed E-state index contributed by atoms with van der Waals surface area (Å²) in [6.45, 7) is 9.01. The van der Waals surface area contributed by atoms with Gasteiger partial charge < -0.3 is 15.2 Å². The van der Waals surface area contributed by atoms with Crippen LogP contribution in [0.2, 0.25) is 0 Å². The molecule has 0 atom stereocenters. The maximum absolute atomic E-state index is 11.8. The highest BCUT2D eigenvalue weighted by Crippen LogP contribution is 2.32. The van der Waals surface area contributed by atoms with E-state index in [9.17, 15) is 10.1 Å². The van der Waals surface area contributed by atoms with Crippen LogP contribution in [0.5, 0.6) is 0 Å². The largest absolute Gasteiger partial charge is 0.368 e. The average molecular weight is 448 g/mol. The monoisotopic (exact) mass is 447 g/mol. The molecule has 4 rings (SSSR count). The van der Waals surface area contributed by atoms with Crippen LogP contribution >= 0.6 is 0 Å². The Morgan fingerprint density at radius 2 is 1.97 bits per heavy atom. The number of pyridine rings is 1. The van der Waals surface area contributed by atoms with Crippen LogP contribution in [-0.4, -0.2) is 41.2 Å².